The quantitative estimate of drug-likeness (QED) is 0.346. The lowest BCUT2D eigenvalue weighted by Gasteiger charge is -2.23. The topological polar surface area (TPSA) is 132 Å². The standard InChI is InChI=1S/C15H16O10/c1-21-10(16)7-6-15(13(19)24-4,14(20)25-5)9(12(18)23-3)8(7)11(17)22-2/h6H,1-5H3. The lowest BCUT2D eigenvalue weighted by atomic mass is 9.81. The molecular weight excluding hydrogens is 340 g/mol. The first kappa shape index (κ1) is 19.9. The van der Waals surface area contributed by atoms with E-state index in [-0.39, 0.29) is 0 Å². The highest BCUT2D eigenvalue weighted by molar-refractivity contribution is 6.23. The first-order chi connectivity index (χ1) is 11.8. The van der Waals surface area contributed by atoms with Crippen LogP contribution in [0.4, 0.5) is 0 Å². The van der Waals surface area contributed by atoms with Crippen LogP contribution in [-0.2, 0) is 47.7 Å². The first-order valence-corrected chi connectivity index (χ1v) is 6.66. The Morgan fingerprint density at radius 2 is 1.12 bits per heavy atom. The third kappa shape index (κ3) is 2.97. The third-order valence-corrected chi connectivity index (χ3v) is 3.47. The predicted octanol–water partition coefficient (Wildman–Crippen LogP) is -0.926. The molecule has 0 saturated carbocycles. The van der Waals surface area contributed by atoms with Crippen molar-refractivity contribution in [1.29, 1.82) is 0 Å². The van der Waals surface area contributed by atoms with Gasteiger partial charge in [0.05, 0.1) is 52.3 Å². The molecule has 136 valence electrons. The number of hydrogen-bond donors (Lipinski definition) is 0. The Morgan fingerprint density at radius 3 is 1.48 bits per heavy atom. The van der Waals surface area contributed by atoms with Gasteiger partial charge in [-0.05, 0) is 6.08 Å². The zero-order chi connectivity index (χ0) is 19.4. The van der Waals surface area contributed by atoms with Gasteiger partial charge in [-0.3, -0.25) is 9.59 Å². The molecule has 0 bridgehead atoms. The van der Waals surface area contributed by atoms with E-state index in [2.05, 4.69) is 23.7 Å². The van der Waals surface area contributed by atoms with E-state index in [0.717, 1.165) is 41.6 Å². The number of esters is 5. The third-order valence-electron chi connectivity index (χ3n) is 3.47. The highest BCUT2D eigenvalue weighted by atomic mass is 16.6. The van der Waals surface area contributed by atoms with Gasteiger partial charge in [-0.25, -0.2) is 14.4 Å². The minimum Gasteiger partial charge on any atom is -0.468 e. The molecule has 10 heteroatoms. The van der Waals surface area contributed by atoms with Gasteiger partial charge in [0.2, 0.25) is 5.41 Å². The predicted molar refractivity (Wildman–Crippen MR) is 77.6 cm³/mol. The molecule has 0 spiro atoms. The van der Waals surface area contributed by atoms with Crippen molar-refractivity contribution in [3.63, 3.8) is 0 Å². The molecule has 0 aliphatic heterocycles. The van der Waals surface area contributed by atoms with Gasteiger partial charge in [-0.2, -0.15) is 0 Å². The summed E-state index contributed by atoms with van der Waals surface area (Å²) < 4.78 is 22.8. The van der Waals surface area contributed by atoms with Gasteiger partial charge in [0.25, 0.3) is 0 Å². The number of carbonyl (C=O) groups is 5. The van der Waals surface area contributed by atoms with Gasteiger partial charge < -0.3 is 23.7 Å². The molecular formula is C15H16O10. The van der Waals surface area contributed by atoms with E-state index in [4.69, 9.17) is 0 Å². The molecule has 1 aliphatic rings. The van der Waals surface area contributed by atoms with Gasteiger partial charge in [0.1, 0.15) is 0 Å². The van der Waals surface area contributed by atoms with Gasteiger partial charge in [-0.15, -0.1) is 0 Å². The fraction of sp³-hybridized carbons (Fsp3) is 0.400. The lowest BCUT2D eigenvalue weighted by molar-refractivity contribution is -0.164. The highest BCUT2D eigenvalue weighted by Crippen LogP contribution is 2.45. The van der Waals surface area contributed by atoms with Crippen LogP contribution in [0.25, 0.3) is 0 Å². The normalized spacial score (nSPS) is 15.0. The Morgan fingerprint density at radius 1 is 0.680 bits per heavy atom. The van der Waals surface area contributed by atoms with Crippen LogP contribution in [-0.4, -0.2) is 65.4 Å². The summed E-state index contributed by atoms with van der Waals surface area (Å²) in [7, 11) is 4.84. The summed E-state index contributed by atoms with van der Waals surface area (Å²) >= 11 is 0. The van der Waals surface area contributed by atoms with Crippen LogP contribution in [0.3, 0.4) is 0 Å². The van der Waals surface area contributed by atoms with Crippen LogP contribution in [0.2, 0.25) is 0 Å². The summed E-state index contributed by atoms with van der Waals surface area (Å²) in [5.74, 6) is -6.00. The van der Waals surface area contributed by atoms with Crippen LogP contribution in [0.15, 0.2) is 22.8 Å². The molecule has 0 amide bonds. The number of hydrogen-bond acceptors (Lipinski definition) is 10. The maximum Gasteiger partial charge on any atom is 0.339 e. The summed E-state index contributed by atoms with van der Waals surface area (Å²) in [6.45, 7) is 0. The smallest absolute Gasteiger partial charge is 0.339 e. The van der Waals surface area contributed by atoms with Crippen LogP contribution in [0.5, 0.6) is 0 Å². The first-order valence-electron chi connectivity index (χ1n) is 6.66. The van der Waals surface area contributed by atoms with Crippen LogP contribution in [0, 0.1) is 5.41 Å². The SMILES string of the molecule is COC(=O)C1=CC(C(=O)OC)(C(=O)OC)C(C(=O)OC)=C1C(=O)OC. The monoisotopic (exact) mass is 356 g/mol. The van der Waals surface area contributed by atoms with Gasteiger partial charge >= 0.3 is 29.8 Å². The molecule has 0 heterocycles. The molecule has 1 aliphatic carbocycles. The van der Waals surface area contributed by atoms with Gasteiger partial charge in [0, 0.05) is 0 Å². The maximum absolute atomic E-state index is 12.4. The minimum atomic E-state index is -2.52. The maximum atomic E-state index is 12.4. The summed E-state index contributed by atoms with van der Waals surface area (Å²) in [6, 6.07) is 0. The Hall–Kier alpha value is -3.17. The molecule has 10 nitrogen and oxygen atoms in total. The fourth-order valence-corrected chi connectivity index (χ4v) is 2.37. The number of carbonyl (C=O) groups excluding carboxylic acids is 5. The van der Waals surface area contributed by atoms with E-state index in [9.17, 15) is 24.0 Å². The molecule has 0 atom stereocenters. The van der Waals surface area contributed by atoms with Crippen molar-refractivity contribution in [3.8, 4) is 0 Å². The fourth-order valence-electron chi connectivity index (χ4n) is 2.37. The van der Waals surface area contributed by atoms with E-state index < -0.39 is 52.0 Å². The molecule has 0 aromatic heterocycles. The number of rotatable bonds is 5. The zero-order valence-corrected chi connectivity index (χ0v) is 14.2. The van der Waals surface area contributed by atoms with Crippen molar-refractivity contribution < 1.29 is 47.7 Å². The Balaban J connectivity index is 3.99. The number of ether oxygens (including phenoxy) is 5. The Kier molecular flexibility index (Phi) is 6.04. The van der Waals surface area contributed by atoms with Crippen molar-refractivity contribution in [3.05, 3.63) is 22.8 Å². The van der Waals surface area contributed by atoms with Crippen molar-refractivity contribution in [2.45, 2.75) is 0 Å². The van der Waals surface area contributed by atoms with Crippen molar-refractivity contribution in [2.24, 2.45) is 5.41 Å². The molecule has 0 N–H and O–H groups in total. The van der Waals surface area contributed by atoms with E-state index in [1.54, 1.807) is 0 Å². The van der Waals surface area contributed by atoms with E-state index >= 15 is 0 Å². The van der Waals surface area contributed by atoms with E-state index in [0.29, 0.717) is 0 Å². The summed E-state index contributed by atoms with van der Waals surface area (Å²) in [5.41, 5.74) is -4.48. The Labute approximate surface area is 142 Å². The summed E-state index contributed by atoms with van der Waals surface area (Å²) in [4.78, 5) is 61.2. The van der Waals surface area contributed by atoms with Crippen LogP contribution < -0.4 is 0 Å². The highest BCUT2D eigenvalue weighted by Gasteiger charge is 2.60. The van der Waals surface area contributed by atoms with Gasteiger partial charge in [0.15, 0.2) is 0 Å². The largest absolute Gasteiger partial charge is 0.468 e. The van der Waals surface area contributed by atoms with Gasteiger partial charge in [-0.1, -0.05) is 0 Å². The second-order valence-corrected chi connectivity index (χ2v) is 4.57. The molecule has 1 rings (SSSR count). The lowest BCUT2D eigenvalue weighted by Crippen LogP contribution is -2.43. The summed E-state index contributed by atoms with van der Waals surface area (Å²) in [6.07, 6.45) is 0.759. The van der Waals surface area contributed by atoms with Crippen molar-refractivity contribution in [1.82, 2.24) is 0 Å². The molecule has 0 radical (unpaired) electrons. The minimum absolute atomic E-state index is 0.537. The molecule has 0 fully saturated rings. The van der Waals surface area contributed by atoms with Crippen molar-refractivity contribution in [2.75, 3.05) is 35.5 Å². The van der Waals surface area contributed by atoms with E-state index in [1.165, 1.54) is 0 Å². The van der Waals surface area contributed by atoms with Crippen LogP contribution in [0.1, 0.15) is 0 Å². The molecule has 0 unspecified atom stereocenters. The van der Waals surface area contributed by atoms with E-state index in [1.807, 2.05) is 0 Å². The molecule has 25 heavy (non-hydrogen) atoms. The van der Waals surface area contributed by atoms with Crippen molar-refractivity contribution >= 4 is 29.8 Å². The molecule has 0 aromatic rings. The molecule has 0 aromatic carbocycles. The average molecular weight is 356 g/mol. The number of methoxy groups -OCH3 is 5. The zero-order valence-electron chi connectivity index (χ0n) is 14.2. The van der Waals surface area contributed by atoms with Crippen LogP contribution >= 0.6 is 0 Å². The second-order valence-electron chi connectivity index (χ2n) is 4.57. The second kappa shape index (κ2) is 7.60. The summed E-state index contributed by atoms with van der Waals surface area (Å²) in [5, 5.41) is 0. The molecule has 0 saturated heterocycles. The average Bonchev–Trinajstić information content (AvgIpc) is 3.01. The Bertz CT molecular complexity index is 681.